The summed E-state index contributed by atoms with van der Waals surface area (Å²) in [5, 5.41) is 11.3. The van der Waals surface area contributed by atoms with Gasteiger partial charge in [0.05, 0.1) is 11.0 Å². The van der Waals surface area contributed by atoms with Gasteiger partial charge in [0.1, 0.15) is 5.82 Å². The van der Waals surface area contributed by atoms with E-state index >= 15 is 0 Å². The van der Waals surface area contributed by atoms with Crippen molar-refractivity contribution in [3.8, 4) is 0 Å². The Morgan fingerprint density at radius 1 is 1.16 bits per heavy atom. The van der Waals surface area contributed by atoms with E-state index in [0.717, 1.165) is 16.8 Å². The highest BCUT2D eigenvalue weighted by Crippen LogP contribution is 2.23. The zero-order valence-electron chi connectivity index (χ0n) is 14.0. The van der Waals surface area contributed by atoms with Crippen LogP contribution in [0.15, 0.2) is 58.7 Å². The maximum atomic E-state index is 13.0. The quantitative estimate of drug-likeness (QED) is 0.672. The average molecular weight is 355 g/mol. The molecule has 0 aromatic heterocycles. The second-order valence-electron chi connectivity index (χ2n) is 5.88. The number of hydrogen-bond acceptors (Lipinski definition) is 4. The van der Waals surface area contributed by atoms with Crippen molar-refractivity contribution in [2.24, 2.45) is 10.2 Å². The Morgan fingerprint density at radius 2 is 1.84 bits per heavy atom. The second-order valence-corrected chi connectivity index (χ2v) is 7.07. The highest BCUT2D eigenvalue weighted by molar-refractivity contribution is 8.15. The number of benzene rings is 2. The van der Waals surface area contributed by atoms with Gasteiger partial charge >= 0.3 is 0 Å². The van der Waals surface area contributed by atoms with E-state index in [1.807, 2.05) is 38.1 Å². The van der Waals surface area contributed by atoms with Crippen LogP contribution < -0.4 is 5.32 Å². The number of carbonyl (C=O) groups is 1. The van der Waals surface area contributed by atoms with Crippen LogP contribution in [0.3, 0.4) is 0 Å². The lowest BCUT2D eigenvalue weighted by Gasteiger charge is -2.04. The molecule has 1 aliphatic rings. The van der Waals surface area contributed by atoms with Crippen LogP contribution in [0.25, 0.3) is 0 Å². The normalized spacial score (nSPS) is 19.3. The summed E-state index contributed by atoms with van der Waals surface area (Å²) in [6.07, 6.45) is 0.524. The highest BCUT2D eigenvalue weighted by atomic mass is 32.2. The molecule has 25 heavy (non-hydrogen) atoms. The smallest absolute Gasteiger partial charge is 0.239 e. The standard InChI is InChI=1S/C19H18FN3OS/c1-12-3-7-15(8-4-12)13(2)22-23-19-21-18(24)17(25-19)11-14-5-9-16(20)10-6-14/h3-10,17H,11H2,1-2H3,(H,21,23,24)/b22-13-/t17-/m0/s1. The van der Waals surface area contributed by atoms with Gasteiger partial charge in [0, 0.05) is 0 Å². The fourth-order valence-corrected chi connectivity index (χ4v) is 3.35. The van der Waals surface area contributed by atoms with E-state index in [9.17, 15) is 9.18 Å². The van der Waals surface area contributed by atoms with Crippen LogP contribution in [0, 0.1) is 12.7 Å². The fraction of sp³-hybridized carbons (Fsp3) is 0.211. The molecular weight excluding hydrogens is 337 g/mol. The molecular formula is C19H18FN3OS. The Morgan fingerprint density at radius 3 is 2.52 bits per heavy atom. The summed E-state index contributed by atoms with van der Waals surface area (Å²) in [7, 11) is 0. The lowest BCUT2D eigenvalue weighted by Crippen LogP contribution is -2.26. The van der Waals surface area contributed by atoms with Crippen molar-refractivity contribution < 1.29 is 9.18 Å². The van der Waals surface area contributed by atoms with Gasteiger partial charge in [0.2, 0.25) is 5.91 Å². The summed E-state index contributed by atoms with van der Waals surface area (Å²) in [4.78, 5) is 12.1. The Kier molecular flexibility index (Phi) is 5.28. The van der Waals surface area contributed by atoms with Crippen LogP contribution in [0.4, 0.5) is 4.39 Å². The van der Waals surface area contributed by atoms with E-state index < -0.39 is 0 Å². The number of rotatable bonds is 4. The van der Waals surface area contributed by atoms with Crippen LogP contribution in [-0.4, -0.2) is 22.0 Å². The number of halogens is 1. The van der Waals surface area contributed by atoms with Gasteiger partial charge in [0.15, 0.2) is 5.17 Å². The molecule has 0 unspecified atom stereocenters. The topological polar surface area (TPSA) is 53.8 Å². The number of amides is 1. The van der Waals surface area contributed by atoms with E-state index in [-0.39, 0.29) is 17.0 Å². The number of carbonyl (C=O) groups excluding carboxylic acids is 1. The largest absolute Gasteiger partial charge is 0.303 e. The maximum Gasteiger partial charge on any atom is 0.239 e. The van der Waals surface area contributed by atoms with E-state index in [1.165, 1.54) is 29.5 Å². The van der Waals surface area contributed by atoms with Crippen molar-refractivity contribution in [3.63, 3.8) is 0 Å². The minimum atomic E-state index is -0.282. The Bertz CT molecular complexity index is 829. The minimum absolute atomic E-state index is 0.101. The first-order valence-electron chi connectivity index (χ1n) is 7.92. The molecule has 128 valence electrons. The molecule has 1 heterocycles. The number of thioether (sulfide) groups is 1. The number of aryl methyl sites for hydroxylation is 1. The first kappa shape index (κ1) is 17.4. The predicted octanol–water partition coefficient (Wildman–Crippen LogP) is 3.69. The second kappa shape index (κ2) is 7.61. The Balaban J connectivity index is 1.66. The summed E-state index contributed by atoms with van der Waals surface area (Å²) >= 11 is 1.35. The lowest BCUT2D eigenvalue weighted by molar-refractivity contribution is -0.118. The van der Waals surface area contributed by atoms with Gasteiger partial charge in [-0.1, -0.05) is 53.7 Å². The molecule has 1 fully saturated rings. The van der Waals surface area contributed by atoms with Crippen LogP contribution in [0.1, 0.15) is 23.6 Å². The van der Waals surface area contributed by atoms with Crippen molar-refractivity contribution in [3.05, 3.63) is 71.0 Å². The molecule has 1 saturated heterocycles. The molecule has 1 N–H and O–H groups in total. The molecule has 3 rings (SSSR count). The van der Waals surface area contributed by atoms with E-state index in [0.29, 0.717) is 11.6 Å². The Labute approximate surface area is 150 Å². The lowest BCUT2D eigenvalue weighted by atomic mass is 10.1. The van der Waals surface area contributed by atoms with E-state index in [4.69, 9.17) is 0 Å². The number of amidine groups is 1. The Hall–Kier alpha value is -2.47. The molecule has 2 aromatic rings. The summed E-state index contributed by atoms with van der Waals surface area (Å²) < 4.78 is 13.0. The van der Waals surface area contributed by atoms with Gasteiger partial charge in [-0.15, -0.1) is 5.10 Å². The van der Waals surface area contributed by atoms with Crippen molar-refractivity contribution in [1.82, 2.24) is 5.32 Å². The number of nitrogens with zero attached hydrogens (tertiary/aromatic N) is 2. The third-order valence-corrected chi connectivity index (χ3v) is 4.94. The molecule has 0 bridgehead atoms. The van der Waals surface area contributed by atoms with Gasteiger partial charge in [-0.05, 0) is 43.5 Å². The summed E-state index contributed by atoms with van der Waals surface area (Å²) in [5.74, 6) is -0.383. The molecule has 0 aliphatic carbocycles. The van der Waals surface area contributed by atoms with Crippen LogP contribution in [0.2, 0.25) is 0 Å². The van der Waals surface area contributed by atoms with Gasteiger partial charge in [-0.25, -0.2) is 4.39 Å². The van der Waals surface area contributed by atoms with Crippen molar-refractivity contribution in [2.75, 3.05) is 0 Å². The SMILES string of the molecule is C/C(=N/N=C1\NC(=O)[C@H](Cc2ccc(F)cc2)S1)c1ccc(C)cc1. The summed E-state index contributed by atoms with van der Waals surface area (Å²) in [6.45, 7) is 3.91. The first-order chi connectivity index (χ1) is 12.0. The molecule has 0 saturated carbocycles. The molecule has 4 nitrogen and oxygen atoms in total. The summed E-state index contributed by atoms with van der Waals surface area (Å²) in [5.41, 5.74) is 3.87. The zero-order chi connectivity index (χ0) is 17.8. The molecule has 6 heteroatoms. The van der Waals surface area contributed by atoms with Crippen LogP contribution in [-0.2, 0) is 11.2 Å². The first-order valence-corrected chi connectivity index (χ1v) is 8.80. The minimum Gasteiger partial charge on any atom is -0.303 e. The molecule has 1 aliphatic heterocycles. The van der Waals surface area contributed by atoms with Crippen LogP contribution in [0.5, 0.6) is 0 Å². The van der Waals surface area contributed by atoms with Crippen molar-refractivity contribution in [1.29, 1.82) is 0 Å². The fourth-order valence-electron chi connectivity index (χ4n) is 2.39. The van der Waals surface area contributed by atoms with Crippen LogP contribution >= 0.6 is 11.8 Å². The van der Waals surface area contributed by atoms with Crippen molar-refractivity contribution in [2.45, 2.75) is 25.5 Å². The van der Waals surface area contributed by atoms with Gasteiger partial charge in [0.25, 0.3) is 0 Å². The molecule has 2 aromatic carbocycles. The van der Waals surface area contributed by atoms with E-state index in [2.05, 4.69) is 15.5 Å². The van der Waals surface area contributed by atoms with Gasteiger partial charge in [-0.3, -0.25) is 4.79 Å². The molecule has 1 atom stereocenters. The molecule has 1 amide bonds. The highest BCUT2D eigenvalue weighted by Gasteiger charge is 2.30. The maximum absolute atomic E-state index is 13.0. The number of nitrogens with one attached hydrogen (secondary N) is 1. The van der Waals surface area contributed by atoms with Gasteiger partial charge in [-0.2, -0.15) is 5.10 Å². The monoisotopic (exact) mass is 355 g/mol. The van der Waals surface area contributed by atoms with E-state index in [1.54, 1.807) is 12.1 Å². The van der Waals surface area contributed by atoms with Crippen molar-refractivity contribution >= 4 is 28.5 Å². The number of hydrogen-bond donors (Lipinski definition) is 1. The third-order valence-electron chi connectivity index (χ3n) is 3.87. The average Bonchev–Trinajstić information content (AvgIpc) is 2.95. The summed E-state index contributed by atoms with van der Waals surface area (Å²) in [6, 6.07) is 14.2. The molecule has 0 spiro atoms. The van der Waals surface area contributed by atoms with Gasteiger partial charge < -0.3 is 5.32 Å². The third kappa shape index (κ3) is 4.54. The molecule has 0 radical (unpaired) electrons. The predicted molar refractivity (Wildman–Crippen MR) is 100 cm³/mol. The zero-order valence-corrected chi connectivity index (χ0v) is 14.8.